The molecule has 2 aromatic rings. The summed E-state index contributed by atoms with van der Waals surface area (Å²) >= 11 is 0. The van der Waals surface area contributed by atoms with Crippen LogP contribution in [0, 0.1) is 0 Å². The Labute approximate surface area is 129 Å². The molecule has 1 heterocycles. The van der Waals surface area contributed by atoms with Gasteiger partial charge in [-0.3, -0.25) is 4.98 Å². The lowest BCUT2D eigenvalue weighted by molar-refractivity contribution is 0.0516. The number of aromatic nitrogens is 1. The molecule has 114 valence electrons. The van der Waals surface area contributed by atoms with E-state index in [9.17, 15) is 4.79 Å². The molecule has 0 saturated carbocycles. The fraction of sp³-hybridized carbons (Fsp3) is 0.235. The Kier molecular flexibility index (Phi) is 5.65. The predicted molar refractivity (Wildman–Crippen MR) is 85.4 cm³/mol. The predicted octanol–water partition coefficient (Wildman–Crippen LogP) is 2.90. The van der Waals surface area contributed by atoms with Crippen LogP contribution in [0.4, 0.5) is 0 Å². The summed E-state index contributed by atoms with van der Waals surface area (Å²) in [6.45, 7) is 2.15. The van der Waals surface area contributed by atoms with Crippen LogP contribution in [0.1, 0.15) is 41.4 Å². The normalized spacial score (nSPS) is 11.2. The number of nitrogens with zero attached hydrogens (tertiary/aromatic N) is 2. The zero-order valence-electron chi connectivity index (χ0n) is 12.5. The minimum Gasteiger partial charge on any atom is -0.379 e. The van der Waals surface area contributed by atoms with Crippen molar-refractivity contribution in [3.63, 3.8) is 0 Å². The highest BCUT2D eigenvalue weighted by molar-refractivity contribution is 5.96. The maximum atomic E-state index is 11.9. The molecule has 2 N–H and O–H groups in total. The first-order valence-electron chi connectivity index (χ1n) is 7.26. The zero-order chi connectivity index (χ0) is 15.8. The van der Waals surface area contributed by atoms with Crippen molar-refractivity contribution in [2.75, 3.05) is 0 Å². The number of rotatable bonds is 6. The molecule has 5 heteroatoms. The Hall–Kier alpha value is -2.69. The molecule has 0 atom stereocenters. The van der Waals surface area contributed by atoms with Gasteiger partial charge in [0.1, 0.15) is 5.69 Å². The highest BCUT2D eigenvalue weighted by Gasteiger charge is 2.08. The number of nitrogens with two attached hydrogens (primary N) is 1. The summed E-state index contributed by atoms with van der Waals surface area (Å²) in [6, 6.07) is 12.6. The molecule has 0 saturated heterocycles. The molecule has 0 bridgehead atoms. The van der Waals surface area contributed by atoms with E-state index in [1.165, 1.54) is 5.56 Å². The van der Waals surface area contributed by atoms with Crippen molar-refractivity contribution in [3.05, 3.63) is 65.5 Å². The maximum absolute atomic E-state index is 11.9. The zero-order valence-corrected chi connectivity index (χ0v) is 12.5. The summed E-state index contributed by atoms with van der Waals surface area (Å²) in [7, 11) is 0. The molecule has 1 aromatic carbocycles. The number of pyridine rings is 1. The average Bonchev–Trinajstić information content (AvgIpc) is 2.58. The summed E-state index contributed by atoms with van der Waals surface area (Å²) in [6.07, 6.45) is 4.88. The van der Waals surface area contributed by atoms with Crippen molar-refractivity contribution in [2.45, 2.75) is 26.2 Å². The average molecular weight is 297 g/mol. The Morgan fingerprint density at radius 2 is 2.00 bits per heavy atom. The minimum atomic E-state index is -0.541. The molecular weight excluding hydrogens is 278 g/mol. The summed E-state index contributed by atoms with van der Waals surface area (Å²) in [5.74, 6) is -0.477. The van der Waals surface area contributed by atoms with Gasteiger partial charge < -0.3 is 10.6 Å². The largest absolute Gasteiger partial charge is 0.379 e. The fourth-order valence-corrected chi connectivity index (χ4v) is 1.89. The van der Waals surface area contributed by atoms with E-state index in [0.29, 0.717) is 11.3 Å². The fourth-order valence-electron chi connectivity index (χ4n) is 1.89. The van der Waals surface area contributed by atoms with Gasteiger partial charge in [0.25, 0.3) is 0 Å². The molecular formula is C17H19N3O2. The Morgan fingerprint density at radius 1 is 1.23 bits per heavy atom. The smallest absolute Gasteiger partial charge is 0.365 e. The molecule has 0 amide bonds. The standard InChI is InChI=1S/C17H19N3O2/c1-2-3-6-13-8-10-14(11-9-13)17(21)22-20-16(18)15-7-4-5-12-19-15/h4-5,7-12H,2-3,6H2,1H3,(H2,18,20). The molecule has 1 aromatic heterocycles. The van der Waals surface area contributed by atoms with Crippen molar-refractivity contribution >= 4 is 11.8 Å². The van der Waals surface area contributed by atoms with E-state index in [0.717, 1.165) is 19.3 Å². The third-order valence-electron chi connectivity index (χ3n) is 3.16. The van der Waals surface area contributed by atoms with Gasteiger partial charge in [-0.1, -0.05) is 36.7 Å². The maximum Gasteiger partial charge on any atom is 0.365 e. The topological polar surface area (TPSA) is 77.6 Å². The van der Waals surface area contributed by atoms with E-state index in [1.807, 2.05) is 12.1 Å². The van der Waals surface area contributed by atoms with E-state index < -0.39 is 5.97 Å². The van der Waals surface area contributed by atoms with Crippen LogP contribution >= 0.6 is 0 Å². The first kappa shape index (κ1) is 15.7. The number of carbonyl (C=O) groups excluding carboxylic acids is 1. The van der Waals surface area contributed by atoms with Gasteiger partial charge in [0.05, 0.1) is 5.56 Å². The Bertz CT molecular complexity index is 637. The van der Waals surface area contributed by atoms with E-state index in [-0.39, 0.29) is 5.84 Å². The van der Waals surface area contributed by atoms with E-state index in [1.54, 1.807) is 36.5 Å². The second kappa shape index (κ2) is 7.93. The molecule has 0 aliphatic carbocycles. The molecule has 0 spiro atoms. The van der Waals surface area contributed by atoms with Gasteiger partial charge in [-0.25, -0.2) is 4.79 Å². The molecule has 0 unspecified atom stereocenters. The van der Waals surface area contributed by atoms with Crippen LogP contribution in [0.2, 0.25) is 0 Å². The summed E-state index contributed by atoms with van der Waals surface area (Å²) in [5, 5.41) is 3.63. The first-order valence-corrected chi connectivity index (χ1v) is 7.26. The van der Waals surface area contributed by atoms with Crippen LogP contribution in [0.5, 0.6) is 0 Å². The third kappa shape index (κ3) is 4.41. The third-order valence-corrected chi connectivity index (χ3v) is 3.16. The van der Waals surface area contributed by atoms with E-state index in [2.05, 4.69) is 17.1 Å². The van der Waals surface area contributed by atoms with Crippen molar-refractivity contribution in [3.8, 4) is 0 Å². The molecule has 0 radical (unpaired) electrons. The van der Waals surface area contributed by atoms with E-state index in [4.69, 9.17) is 10.6 Å². The monoisotopic (exact) mass is 297 g/mol. The second-order valence-corrected chi connectivity index (χ2v) is 4.87. The number of unbranched alkanes of at least 4 members (excludes halogenated alkanes) is 1. The van der Waals surface area contributed by atoms with Crippen LogP contribution in [-0.4, -0.2) is 16.8 Å². The van der Waals surface area contributed by atoms with Crippen molar-refractivity contribution in [1.82, 2.24) is 4.98 Å². The highest BCUT2D eigenvalue weighted by Crippen LogP contribution is 2.09. The van der Waals surface area contributed by atoms with Crippen molar-refractivity contribution < 1.29 is 9.63 Å². The van der Waals surface area contributed by atoms with Crippen molar-refractivity contribution in [2.24, 2.45) is 10.9 Å². The van der Waals surface area contributed by atoms with Crippen LogP contribution in [0.25, 0.3) is 0 Å². The number of benzene rings is 1. The lowest BCUT2D eigenvalue weighted by Gasteiger charge is -2.03. The van der Waals surface area contributed by atoms with E-state index >= 15 is 0 Å². The van der Waals surface area contributed by atoms with Gasteiger partial charge in [0.15, 0.2) is 5.84 Å². The molecule has 22 heavy (non-hydrogen) atoms. The lowest BCUT2D eigenvalue weighted by atomic mass is 10.1. The SMILES string of the molecule is CCCCc1ccc(C(=O)O/N=C(/N)c2ccccn2)cc1. The first-order chi connectivity index (χ1) is 10.7. The molecule has 0 fully saturated rings. The van der Waals surface area contributed by atoms with Gasteiger partial charge in [0.2, 0.25) is 0 Å². The lowest BCUT2D eigenvalue weighted by Crippen LogP contribution is -2.16. The van der Waals surface area contributed by atoms with Crippen LogP contribution in [0.3, 0.4) is 0 Å². The Balaban J connectivity index is 1.97. The minimum absolute atomic E-state index is 0.0634. The molecule has 5 nitrogen and oxygen atoms in total. The summed E-state index contributed by atoms with van der Waals surface area (Å²) < 4.78 is 0. The highest BCUT2D eigenvalue weighted by atomic mass is 16.7. The quantitative estimate of drug-likeness (QED) is 0.385. The van der Waals surface area contributed by atoms with Gasteiger partial charge in [0, 0.05) is 6.20 Å². The number of carbonyl (C=O) groups is 1. The molecule has 0 aliphatic rings. The number of oxime groups is 1. The van der Waals surface area contributed by atoms with Gasteiger partial charge >= 0.3 is 5.97 Å². The number of hydrogen-bond donors (Lipinski definition) is 1. The summed E-state index contributed by atoms with van der Waals surface area (Å²) in [5.41, 5.74) is 7.82. The van der Waals surface area contributed by atoms with Crippen LogP contribution in [-0.2, 0) is 11.3 Å². The van der Waals surface area contributed by atoms with Gasteiger partial charge in [-0.2, -0.15) is 0 Å². The Morgan fingerprint density at radius 3 is 2.64 bits per heavy atom. The van der Waals surface area contributed by atoms with Gasteiger partial charge in [-0.05, 0) is 42.7 Å². The van der Waals surface area contributed by atoms with Gasteiger partial charge in [-0.15, -0.1) is 0 Å². The second-order valence-electron chi connectivity index (χ2n) is 4.87. The molecule has 0 aliphatic heterocycles. The number of aryl methyl sites for hydroxylation is 1. The van der Waals surface area contributed by atoms with Crippen molar-refractivity contribution in [1.29, 1.82) is 0 Å². The number of amidine groups is 1. The number of hydrogen-bond acceptors (Lipinski definition) is 4. The van der Waals surface area contributed by atoms with Crippen LogP contribution < -0.4 is 5.73 Å². The van der Waals surface area contributed by atoms with Crippen LogP contribution in [0.15, 0.2) is 53.8 Å². The molecule has 2 rings (SSSR count). The summed E-state index contributed by atoms with van der Waals surface area (Å²) in [4.78, 5) is 20.8.